The molecule has 1 saturated carbocycles. The summed E-state index contributed by atoms with van der Waals surface area (Å²) in [6.45, 7) is 3.74. The van der Waals surface area contributed by atoms with E-state index in [9.17, 15) is 18.0 Å². The summed E-state index contributed by atoms with van der Waals surface area (Å²) in [4.78, 5) is 25.8. The summed E-state index contributed by atoms with van der Waals surface area (Å²) < 4.78 is 31.7. The van der Waals surface area contributed by atoms with Crippen molar-refractivity contribution in [2.75, 3.05) is 13.7 Å². The number of hydrogen-bond acceptors (Lipinski definition) is 5. The molecule has 1 heterocycles. The molecule has 1 N–H and O–H groups in total. The number of sulfone groups is 1. The van der Waals surface area contributed by atoms with E-state index in [0.29, 0.717) is 19.3 Å². The summed E-state index contributed by atoms with van der Waals surface area (Å²) >= 11 is 0. The van der Waals surface area contributed by atoms with Gasteiger partial charge in [-0.3, -0.25) is 9.59 Å². The van der Waals surface area contributed by atoms with Gasteiger partial charge in [-0.05, 0) is 25.2 Å². The number of nitrogens with zero attached hydrogens (tertiary/aromatic N) is 1. The molecule has 0 radical (unpaired) electrons. The number of methoxy groups -OCH3 is 1. The summed E-state index contributed by atoms with van der Waals surface area (Å²) in [6, 6.07) is -0.521. The second-order valence-corrected chi connectivity index (χ2v) is 10.2. The zero-order valence-corrected chi connectivity index (χ0v) is 16.7. The van der Waals surface area contributed by atoms with E-state index in [1.54, 1.807) is 13.8 Å². The molecule has 1 aliphatic carbocycles. The van der Waals surface area contributed by atoms with E-state index in [4.69, 9.17) is 9.84 Å². The summed E-state index contributed by atoms with van der Waals surface area (Å²) in [5.74, 6) is -1.82. The number of hydrogen-bond donors (Lipinski definition) is 1. The molecule has 7 nitrogen and oxygen atoms in total. The second kappa shape index (κ2) is 8.69. The van der Waals surface area contributed by atoms with Crippen LogP contribution in [0.1, 0.15) is 58.8 Å². The number of carboxylic acid groups (broad SMARTS) is 1. The molecule has 0 aromatic rings. The van der Waals surface area contributed by atoms with Gasteiger partial charge in [-0.15, -0.1) is 0 Å². The smallest absolute Gasteiger partial charge is 0.305 e. The van der Waals surface area contributed by atoms with Crippen molar-refractivity contribution >= 4 is 21.7 Å². The van der Waals surface area contributed by atoms with Crippen LogP contribution in [0, 0.1) is 5.92 Å². The van der Waals surface area contributed by atoms with Crippen LogP contribution >= 0.6 is 0 Å². The van der Waals surface area contributed by atoms with Crippen LogP contribution in [0.15, 0.2) is 0 Å². The minimum atomic E-state index is -3.62. The van der Waals surface area contributed by atoms with Crippen molar-refractivity contribution in [3.8, 4) is 0 Å². The Morgan fingerprint density at radius 2 is 1.81 bits per heavy atom. The largest absolute Gasteiger partial charge is 0.481 e. The van der Waals surface area contributed by atoms with Crippen LogP contribution in [0.5, 0.6) is 0 Å². The summed E-state index contributed by atoms with van der Waals surface area (Å²) in [6.07, 6.45) is 3.97. The number of carboxylic acids is 1. The molecule has 0 aromatic heterocycles. The van der Waals surface area contributed by atoms with Gasteiger partial charge < -0.3 is 14.7 Å². The number of aliphatic carboxylic acids is 1. The minimum Gasteiger partial charge on any atom is -0.481 e. The molecule has 26 heavy (non-hydrogen) atoms. The van der Waals surface area contributed by atoms with Gasteiger partial charge in [-0.25, -0.2) is 8.42 Å². The van der Waals surface area contributed by atoms with Crippen LogP contribution in [0.3, 0.4) is 0 Å². The molecular formula is C18H31NO6S. The van der Waals surface area contributed by atoms with Gasteiger partial charge in [-0.2, -0.15) is 0 Å². The SMILES string of the molecule is COC1CC(CC(=O)O)N(C(=O)C(C(C)C)S(=O)(=O)C2CCCCC2)C1. The molecule has 0 aromatic carbocycles. The molecule has 0 spiro atoms. The first-order valence-corrected chi connectivity index (χ1v) is 11.1. The lowest BCUT2D eigenvalue weighted by molar-refractivity contribution is -0.140. The van der Waals surface area contributed by atoms with E-state index >= 15 is 0 Å². The number of carbonyl (C=O) groups is 2. The van der Waals surface area contributed by atoms with Crippen molar-refractivity contribution in [2.24, 2.45) is 5.92 Å². The zero-order chi connectivity index (χ0) is 19.5. The average Bonchev–Trinajstić information content (AvgIpc) is 2.97. The molecule has 1 saturated heterocycles. The van der Waals surface area contributed by atoms with Crippen LogP contribution in [0.4, 0.5) is 0 Å². The average molecular weight is 390 g/mol. The number of likely N-dealkylation sites (tertiary alicyclic amines) is 1. The molecule has 1 amide bonds. The highest BCUT2D eigenvalue weighted by atomic mass is 32.2. The molecule has 0 bridgehead atoms. The third-order valence-corrected chi connectivity index (χ3v) is 8.48. The van der Waals surface area contributed by atoms with Crippen molar-refractivity contribution in [1.29, 1.82) is 0 Å². The predicted octanol–water partition coefficient (Wildman–Crippen LogP) is 1.85. The highest BCUT2D eigenvalue weighted by Gasteiger charge is 2.46. The zero-order valence-electron chi connectivity index (χ0n) is 15.9. The van der Waals surface area contributed by atoms with Gasteiger partial charge in [0.05, 0.1) is 17.8 Å². The van der Waals surface area contributed by atoms with Gasteiger partial charge in [-0.1, -0.05) is 33.1 Å². The van der Waals surface area contributed by atoms with Crippen molar-refractivity contribution in [3.63, 3.8) is 0 Å². The number of rotatable bonds is 7. The maximum Gasteiger partial charge on any atom is 0.305 e. The highest BCUT2D eigenvalue weighted by Crippen LogP contribution is 2.32. The van der Waals surface area contributed by atoms with E-state index < -0.39 is 38.3 Å². The second-order valence-electron chi connectivity index (χ2n) is 7.85. The van der Waals surface area contributed by atoms with Crippen molar-refractivity contribution in [1.82, 2.24) is 4.90 Å². The Hall–Kier alpha value is -1.15. The van der Waals surface area contributed by atoms with Crippen molar-refractivity contribution < 1.29 is 27.9 Å². The van der Waals surface area contributed by atoms with Gasteiger partial charge in [0, 0.05) is 19.7 Å². The topological polar surface area (TPSA) is 101 Å². The van der Waals surface area contributed by atoms with Gasteiger partial charge in [0.1, 0.15) is 5.25 Å². The maximum absolute atomic E-state index is 13.2. The predicted molar refractivity (Wildman–Crippen MR) is 97.6 cm³/mol. The molecule has 2 rings (SSSR count). The molecule has 1 aliphatic heterocycles. The third kappa shape index (κ3) is 4.57. The Morgan fingerprint density at radius 1 is 1.19 bits per heavy atom. The number of ether oxygens (including phenoxy) is 1. The Kier molecular flexibility index (Phi) is 7.07. The maximum atomic E-state index is 13.2. The minimum absolute atomic E-state index is 0.195. The first-order chi connectivity index (χ1) is 12.2. The van der Waals surface area contributed by atoms with Gasteiger partial charge in [0.25, 0.3) is 0 Å². The van der Waals surface area contributed by atoms with Crippen LogP contribution in [-0.4, -0.2) is 66.6 Å². The third-order valence-electron chi connectivity index (χ3n) is 5.62. The lowest BCUT2D eigenvalue weighted by atomic mass is 10.0. The van der Waals surface area contributed by atoms with Gasteiger partial charge in [0.15, 0.2) is 9.84 Å². The molecule has 2 aliphatic rings. The lowest BCUT2D eigenvalue weighted by Gasteiger charge is -2.33. The Bertz CT molecular complexity index is 611. The van der Waals surface area contributed by atoms with Crippen LogP contribution in [-0.2, 0) is 24.2 Å². The Balaban J connectivity index is 2.27. The fourth-order valence-electron chi connectivity index (χ4n) is 4.28. The fourth-order valence-corrected chi connectivity index (χ4v) is 6.86. The van der Waals surface area contributed by atoms with Crippen LogP contribution in [0.25, 0.3) is 0 Å². The fraction of sp³-hybridized carbons (Fsp3) is 0.889. The quantitative estimate of drug-likeness (QED) is 0.713. The highest BCUT2D eigenvalue weighted by molar-refractivity contribution is 7.93. The lowest BCUT2D eigenvalue weighted by Crippen LogP contribution is -2.50. The van der Waals surface area contributed by atoms with Crippen molar-refractivity contribution in [3.05, 3.63) is 0 Å². The monoisotopic (exact) mass is 389 g/mol. The van der Waals surface area contributed by atoms with Gasteiger partial charge >= 0.3 is 5.97 Å². The molecule has 3 unspecified atom stereocenters. The van der Waals surface area contributed by atoms with E-state index in [-0.39, 0.29) is 25.0 Å². The van der Waals surface area contributed by atoms with E-state index in [1.165, 1.54) is 12.0 Å². The first kappa shape index (κ1) is 21.2. The molecule has 2 fully saturated rings. The van der Waals surface area contributed by atoms with Crippen LogP contribution < -0.4 is 0 Å². The molecule has 8 heteroatoms. The molecule has 150 valence electrons. The standard InChI is InChI=1S/C18H31NO6S/c1-12(2)17(26(23,24)15-7-5-4-6-8-15)18(22)19-11-14(25-3)9-13(19)10-16(20)21/h12-15,17H,4-11H2,1-3H3,(H,20,21). The molecular weight excluding hydrogens is 358 g/mol. The van der Waals surface area contributed by atoms with Crippen LogP contribution in [0.2, 0.25) is 0 Å². The number of amides is 1. The van der Waals surface area contributed by atoms with Gasteiger partial charge in [0.2, 0.25) is 5.91 Å². The van der Waals surface area contributed by atoms with E-state index in [0.717, 1.165) is 19.3 Å². The summed E-state index contributed by atoms with van der Waals surface area (Å²) in [5.41, 5.74) is 0. The number of carbonyl (C=O) groups excluding carboxylic acids is 1. The normalized spacial score (nSPS) is 26.2. The Morgan fingerprint density at radius 3 is 2.31 bits per heavy atom. The Labute approximate surface area is 156 Å². The van der Waals surface area contributed by atoms with Crippen molar-refractivity contribution in [2.45, 2.75) is 81.4 Å². The first-order valence-electron chi connectivity index (χ1n) is 9.46. The van der Waals surface area contributed by atoms with E-state index in [1.807, 2.05) is 0 Å². The summed E-state index contributed by atoms with van der Waals surface area (Å²) in [7, 11) is -2.09. The summed E-state index contributed by atoms with van der Waals surface area (Å²) in [5, 5.41) is 7.57. The van der Waals surface area contributed by atoms with E-state index in [2.05, 4.69) is 0 Å². The molecule has 3 atom stereocenters.